The van der Waals surface area contributed by atoms with E-state index in [0.29, 0.717) is 5.56 Å². The number of rotatable bonds is 3. The maximum absolute atomic E-state index is 12.7. The second-order valence-electron chi connectivity index (χ2n) is 3.91. The molecule has 0 radical (unpaired) electrons. The molecule has 19 heavy (non-hydrogen) atoms. The van der Waals surface area contributed by atoms with Crippen LogP contribution in [0.5, 0.6) is 0 Å². The largest absolute Gasteiger partial charge is 0.507 e. The van der Waals surface area contributed by atoms with Crippen LogP contribution in [0, 0.1) is 11.6 Å². The van der Waals surface area contributed by atoms with E-state index in [0.717, 1.165) is 18.2 Å². The minimum absolute atomic E-state index is 0.259. The number of ketones is 1. The van der Waals surface area contributed by atoms with Crippen molar-refractivity contribution in [3.05, 3.63) is 77.4 Å². The summed E-state index contributed by atoms with van der Waals surface area (Å²) in [6, 6.07) is 10.1. The Labute approximate surface area is 108 Å². The van der Waals surface area contributed by atoms with Gasteiger partial charge < -0.3 is 5.11 Å². The molecule has 2 nitrogen and oxygen atoms in total. The molecule has 0 saturated heterocycles. The Morgan fingerprint density at radius 3 is 1.74 bits per heavy atom. The van der Waals surface area contributed by atoms with Crippen LogP contribution in [0.3, 0.4) is 0 Å². The van der Waals surface area contributed by atoms with Crippen LogP contribution in [-0.2, 0) is 0 Å². The lowest BCUT2D eigenvalue weighted by molar-refractivity contribution is 0.104. The van der Waals surface area contributed by atoms with E-state index < -0.39 is 17.4 Å². The first-order valence-corrected chi connectivity index (χ1v) is 5.53. The zero-order chi connectivity index (χ0) is 13.8. The Kier molecular flexibility index (Phi) is 3.71. The van der Waals surface area contributed by atoms with Crippen LogP contribution in [0.15, 0.2) is 54.6 Å². The Balaban J connectivity index is 2.22. The number of carbonyl (C=O) groups excluding carboxylic acids is 1. The summed E-state index contributed by atoms with van der Waals surface area (Å²) in [4.78, 5) is 11.8. The number of allylic oxidation sites excluding steroid dienone is 1. The van der Waals surface area contributed by atoms with Gasteiger partial charge in [-0.05, 0) is 48.5 Å². The molecule has 0 bridgehead atoms. The number of aliphatic hydroxyl groups is 1. The average Bonchev–Trinajstić information content (AvgIpc) is 2.40. The highest BCUT2D eigenvalue weighted by Crippen LogP contribution is 2.14. The molecule has 0 saturated carbocycles. The Hall–Kier alpha value is -2.49. The summed E-state index contributed by atoms with van der Waals surface area (Å²) in [6.07, 6.45) is 1.01. The third-order valence-electron chi connectivity index (χ3n) is 2.54. The van der Waals surface area contributed by atoms with Crippen LogP contribution >= 0.6 is 0 Å². The lowest BCUT2D eigenvalue weighted by Crippen LogP contribution is -1.96. The molecule has 0 aromatic heterocycles. The van der Waals surface area contributed by atoms with Crippen molar-refractivity contribution in [3.63, 3.8) is 0 Å². The van der Waals surface area contributed by atoms with Crippen molar-refractivity contribution in [1.29, 1.82) is 0 Å². The minimum atomic E-state index is -0.457. The number of benzene rings is 2. The van der Waals surface area contributed by atoms with Crippen molar-refractivity contribution in [3.8, 4) is 0 Å². The van der Waals surface area contributed by atoms with Crippen LogP contribution in [-0.4, -0.2) is 10.9 Å². The van der Waals surface area contributed by atoms with Gasteiger partial charge in [0, 0.05) is 17.2 Å². The van der Waals surface area contributed by atoms with E-state index in [9.17, 15) is 18.7 Å². The summed E-state index contributed by atoms with van der Waals surface area (Å²) >= 11 is 0. The molecule has 0 aliphatic carbocycles. The number of aliphatic hydroxyl groups excluding tert-OH is 1. The van der Waals surface area contributed by atoms with Crippen molar-refractivity contribution in [2.24, 2.45) is 0 Å². The molecular weight excluding hydrogens is 250 g/mol. The van der Waals surface area contributed by atoms with Crippen LogP contribution in [0.25, 0.3) is 5.76 Å². The van der Waals surface area contributed by atoms with Gasteiger partial charge in [-0.25, -0.2) is 8.78 Å². The van der Waals surface area contributed by atoms with E-state index >= 15 is 0 Å². The lowest BCUT2D eigenvalue weighted by Gasteiger charge is -2.00. The molecule has 0 amide bonds. The molecule has 96 valence electrons. The standard InChI is InChI=1S/C15H10F2O2/c16-12-5-1-10(2-6-12)14(18)9-15(19)11-3-7-13(17)8-4-11/h1-9,18H/b14-9+. The highest BCUT2D eigenvalue weighted by molar-refractivity contribution is 6.07. The topological polar surface area (TPSA) is 37.3 Å². The highest BCUT2D eigenvalue weighted by atomic mass is 19.1. The van der Waals surface area contributed by atoms with Crippen molar-refractivity contribution < 1.29 is 18.7 Å². The molecule has 2 rings (SSSR count). The smallest absolute Gasteiger partial charge is 0.189 e. The summed E-state index contributed by atoms with van der Waals surface area (Å²) in [6.45, 7) is 0. The molecule has 0 aliphatic heterocycles. The van der Waals surface area contributed by atoms with E-state index in [2.05, 4.69) is 0 Å². The van der Waals surface area contributed by atoms with Crippen LogP contribution in [0.4, 0.5) is 8.78 Å². The first kappa shape index (κ1) is 13.0. The predicted molar refractivity (Wildman–Crippen MR) is 67.7 cm³/mol. The third kappa shape index (κ3) is 3.25. The van der Waals surface area contributed by atoms with Gasteiger partial charge in [-0.1, -0.05) is 0 Å². The molecule has 2 aromatic rings. The lowest BCUT2D eigenvalue weighted by atomic mass is 10.1. The molecule has 4 heteroatoms. The first-order valence-electron chi connectivity index (χ1n) is 5.53. The van der Waals surface area contributed by atoms with E-state index in [4.69, 9.17) is 0 Å². The van der Waals surface area contributed by atoms with Crippen molar-refractivity contribution in [2.45, 2.75) is 0 Å². The zero-order valence-corrected chi connectivity index (χ0v) is 9.81. The number of carbonyl (C=O) groups is 1. The summed E-state index contributed by atoms with van der Waals surface area (Å²) in [7, 11) is 0. The quantitative estimate of drug-likeness (QED) is 0.518. The van der Waals surface area contributed by atoms with Gasteiger partial charge in [-0.3, -0.25) is 4.79 Å². The molecule has 2 aromatic carbocycles. The summed E-state index contributed by atoms with van der Waals surface area (Å²) in [5.74, 6) is -1.60. The van der Waals surface area contributed by atoms with Crippen molar-refractivity contribution in [1.82, 2.24) is 0 Å². The molecule has 0 aliphatic rings. The number of hydrogen-bond donors (Lipinski definition) is 1. The third-order valence-corrected chi connectivity index (χ3v) is 2.54. The summed E-state index contributed by atoms with van der Waals surface area (Å²) in [5.41, 5.74) is 0.590. The highest BCUT2D eigenvalue weighted by Gasteiger charge is 2.06. The first-order chi connectivity index (χ1) is 9.06. The Morgan fingerprint density at radius 1 is 0.842 bits per heavy atom. The van der Waals surface area contributed by atoms with E-state index in [-0.39, 0.29) is 11.3 Å². The maximum Gasteiger partial charge on any atom is 0.189 e. The van der Waals surface area contributed by atoms with Crippen LogP contribution in [0.2, 0.25) is 0 Å². The minimum Gasteiger partial charge on any atom is -0.507 e. The van der Waals surface area contributed by atoms with E-state index in [1.165, 1.54) is 36.4 Å². The molecule has 0 heterocycles. The zero-order valence-electron chi connectivity index (χ0n) is 9.81. The molecule has 0 fully saturated rings. The van der Waals surface area contributed by atoms with Gasteiger partial charge in [-0.2, -0.15) is 0 Å². The summed E-state index contributed by atoms with van der Waals surface area (Å²) < 4.78 is 25.4. The molecule has 0 atom stereocenters. The fraction of sp³-hybridized carbons (Fsp3) is 0. The maximum atomic E-state index is 12.7. The van der Waals surface area contributed by atoms with Crippen LogP contribution in [0.1, 0.15) is 15.9 Å². The van der Waals surface area contributed by atoms with E-state index in [1.807, 2.05) is 0 Å². The Morgan fingerprint density at radius 2 is 1.26 bits per heavy atom. The van der Waals surface area contributed by atoms with Gasteiger partial charge in [0.2, 0.25) is 0 Å². The second kappa shape index (κ2) is 5.44. The monoisotopic (exact) mass is 260 g/mol. The molecule has 0 spiro atoms. The molecular formula is C15H10F2O2. The van der Waals surface area contributed by atoms with E-state index in [1.54, 1.807) is 0 Å². The normalized spacial score (nSPS) is 11.4. The second-order valence-corrected chi connectivity index (χ2v) is 3.91. The van der Waals surface area contributed by atoms with Gasteiger partial charge >= 0.3 is 0 Å². The predicted octanol–water partition coefficient (Wildman–Crippen LogP) is 3.75. The number of hydrogen-bond acceptors (Lipinski definition) is 2. The fourth-order valence-corrected chi connectivity index (χ4v) is 1.53. The molecule has 0 unspecified atom stereocenters. The SMILES string of the molecule is O=C(/C=C(/O)c1ccc(F)cc1)c1ccc(F)cc1. The summed E-state index contributed by atoms with van der Waals surface area (Å²) in [5, 5.41) is 9.74. The van der Waals surface area contributed by atoms with Crippen LogP contribution < -0.4 is 0 Å². The van der Waals surface area contributed by atoms with Crippen molar-refractivity contribution >= 4 is 11.5 Å². The Bertz CT molecular complexity index is 614. The molecule has 1 N–H and O–H groups in total. The van der Waals surface area contributed by atoms with Gasteiger partial charge in [0.1, 0.15) is 17.4 Å². The van der Waals surface area contributed by atoms with Gasteiger partial charge in [0.15, 0.2) is 5.78 Å². The van der Waals surface area contributed by atoms with Gasteiger partial charge in [0.05, 0.1) is 0 Å². The average molecular weight is 260 g/mol. The van der Waals surface area contributed by atoms with Gasteiger partial charge in [0.25, 0.3) is 0 Å². The number of halogens is 2. The van der Waals surface area contributed by atoms with Gasteiger partial charge in [-0.15, -0.1) is 0 Å². The van der Waals surface area contributed by atoms with Crippen molar-refractivity contribution in [2.75, 3.05) is 0 Å². The fourth-order valence-electron chi connectivity index (χ4n) is 1.53.